The van der Waals surface area contributed by atoms with Crippen molar-refractivity contribution in [2.75, 3.05) is 4.90 Å². The van der Waals surface area contributed by atoms with Crippen LogP contribution in [0.5, 0.6) is 0 Å². The highest BCUT2D eigenvalue weighted by molar-refractivity contribution is 6.10. The highest BCUT2D eigenvalue weighted by atomic mass is 15.1. The predicted octanol–water partition coefficient (Wildman–Crippen LogP) is 17.2. The summed E-state index contributed by atoms with van der Waals surface area (Å²) in [6, 6.07) is 88.8. The summed E-state index contributed by atoms with van der Waals surface area (Å²) in [7, 11) is 0. The number of anilines is 3. The summed E-state index contributed by atoms with van der Waals surface area (Å²) in [5.74, 6) is 0. The van der Waals surface area contributed by atoms with E-state index in [0.29, 0.717) is 0 Å². The standard InChI is InChI=1S/C63H46N2/c1-63(2)57-29-15-12-27-54(57)62-53(28-18-30-58(62)63)51-25-13-16-31-59(51)64(49-38-39-50(44-19-6-3-7-20-44)55(42-49)45-21-8-4-9-22-45)48-36-33-43(34-37-48)46-35-40-61-56(41-46)52-26-14-17-32-60(52)65(61)47-23-10-5-11-24-47/h3-42H,1-2H3. The van der Waals surface area contributed by atoms with Gasteiger partial charge >= 0.3 is 0 Å². The maximum absolute atomic E-state index is 2.46. The van der Waals surface area contributed by atoms with Crippen LogP contribution in [0.25, 0.3) is 83.1 Å². The van der Waals surface area contributed by atoms with E-state index in [-0.39, 0.29) is 5.41 Å². The lowest BCUT2D eigenvalue weighted by Gasteiger charge is -2.29. The van der Waals surface area contributed by atoms with Crippen molar-refractivity contribution in [1.82, 2.24) is 4.57 Å². The number of benzene rings is 10. The van der Waals surface area contributed by atoms with Crippen molar-refractivity contribution in [1.29, 1.82) is 0 Å². The minimum atomic E-state index is -0.107. The van der Waals surface area contributed by atoms with Crippen LogP contribution in [0.4, 0.5) is 17.1 Å². The van der Waals surface area contributed by atoms with Crippen LogP contribution < -0.4 is 4.90 Å². The molecule has 2 heteroatoms. The molecule has 2 nitrogen and oxygen atoms in total. The Bertz CT molecular complexity index is 3550. The Kier molecular flexibility index (Phi) is 9.21. The molecule has 1 aliphatic rings. The van der Waals surface area contributed by atoms with E-state index in [4.69, 9.17) is 0 Å². The lowest BCUT2D eigenvalue weighted by Crippen LogP contribution is -2.15. The van der Waals surface area contributed by atoms with Gasteiger partial charge in [0.1, 0.15) is 0 Å². The quantitative estimate of drug-likeness (QED) is 0.148. The normalized spacial score (nSPS) is 12.6. The van der Waals surface area contributed by atoms with Crippen LogP contribution in [0.3, 0.4) is 0 Å². The van der Waals surface area contributed by atoms with E-state index >= 15 is 0 Å². The van der Waals surface area contributed by atoms with Crippen molar-refractivity contribution in [3.05, 3.63) is 254 Å². The summed E-state index contributed by atoms with van der Waals surface area (Å²) in [6.07, 6.45) is 0. The number of hydrogen-bond acceptors (Lipinski definition) is 1. The molecule has 65 heavy (non-hydrogen) atoms. The smallest absolute Gasteiger partial charge is 0.0541 e. The molecule has 1 heterocycles. The van der Waals surface area contributed by atoms with Gasteiger partial charge in [0.05, 0.1) is 16.7 Å². The molecule has 0 bridgehead atoms. The molecular weight excluding hydrogens is 785 g/mol. The van der Waals surface area contributed by atoms with Gasteiger partial charge in [-0.3, -0.25) is 0 Å². The zero-order chi connectivity index (χ0) is 43.5. The van der Waals surface area contributed by atoms with Gasteiger partial charge in [-0.05, 0) is 122 Å². The third kappa shape index (κ3) is 6.40. The Labute approximate surface area is 381 Å². The first-order chi connectivity index (χ1) is 32.0. The molecular formula is C63H46N2. The van der Waals surface area contributed by atoms with Crippen molar-refractivity contribution >= 4 is 38.9 Å². The average molecular weight is 831 g/mol. The molecule has 1 aromatic heterocycles. The molecule has 1 aliphatic carbocycles. The Morgan fingerprint density at radius 2 is 0.908 bits per heavy atom. The molecule has 0 spiro atoms. The summed E-state index contributed by atoms with van der Waals surface area (Å²) in [5.41, 5.74) is 21.7. The molecule has 0 saturated carbocycles. The van der Waals surface area contributed by atoms with Crippen LogP contribution in [-0.4, -0.2) is 4.57 Å². The van der Waals surface area contributed by atoms with E-state index in [9.17, 15) is 0 Å². The van der Waals surface area contributed by atoms with Crippen molar-refractivity contribution in [3.63, 3.8) is 0 Å². The van der Waals surface area contributed by atoms with Crippen LogP contribution in [0.1, 0.15) is 25.0 Å². The fraction of sp³-hybridized carbons (Fsp3) is 0.0476. The molecule has 0 atom stereocenters. The minimum Gasteiger partial charge on any atom is -0.310 e. The lowest BCUT2D eigenvalue weighted by molar-refractivity contribution is 0.660. The zero-order valence-electron chi connectivity index (χ0n) is 36.5. The molecule has 12 rings (SSSR count). The highest BCUT2D eigenvalue weighted by Gasteiger charge is 2.37. The molecule has 10 aromatic carbocycles. The summed E-state index contributed by atoms with van der Waals surface area (Å²) in [5, 5.41) is 2.49. The molecule has 11 aromatic rings. The molecule has 0 radical (unpaired) electrons. The van der Waals surface area contributed by atoms with Gasteiger partial charge < -0.3 is 9.47 Å². The maximum Gasteiger partial charge on any atom is 0.0541 e. The number of hydrogen-bond donors (Lipinski definition) is 0. The van der Waals surface area contributed by atoms with Crippen LogP contribution in [0, 0.1) is 0 Å². The Morgan fingerprint density at radius 3 is 1.68 bits per heavy atom. The zero-order valence-corrected chi connectivity index (χ0v) is 36.5. The van der Waals surface area contributed by atoms with Crippen LogP contribution in [-0.2, 0) is 5.41 Å². The van der Waals surface area contributed by atoms with E-state index < -0.39 is 0 Å². The fourth-order valence-electron chi connectivity index (χ4n) is 10.5. The van der Waals surface area contributed by atoms with E-state index in [0.717, 1.165) is 22.7 Å². The van der Waals surface area contributed by atoms with Crippen LogP contribution >= 0.6 is 0 Å². The second-order valence-corrected chi connectivity index (χ2v) is 17.7. The van der Waals surface area contributed by atoms with Gasteiger partial charge in [-0.2, -0.15) is 0 Å². The van der Waals surface area contributed by atoms with Crippen molar-refractivity contribution in [2.45, 2.75) is 19.3 Å². The third-order valence-corrected chi connectivity index (χ3v) is 13.6. The molecule has 0 N–H and O–H groups in total. The molecule has 0 saturated heterocycles. The first kappa shape index (κ1) is 38.5. The van der Waals surface area contributed by atoms with E-state index in [2.05, 4.69) is 266 Å². The van der Waals surface area contributed by atoms with Crippen molar-refractivity contribution < 1.29 is 0 Å². The molecule has 308 valence electrons. The fourth-order valence-corrected chi connectivity index (χ4v) is 10.5. The van der Waals surface area contributed by atoms with E-state index in [1.165, 1.54) is 88.6 Å². The van der Waals surface area contributed by atoms with Gasteiger partial charge in [-0.15, -0.1) is 0 Å². The third-order valence-electron chi connectivity index (χ3n) is 13.6. The Balaban J connectivity index is 1.04. The van der Waals surface area contributed by atoms with Gasteiger partial charge in [0.15, 0.2) is 0 Å². The Morgan fingerprint density at radius 1 is 0.338 bits per heavy atom. The number of aromatic nitrogens is 1. The average Bonchev–Trinajstić information content (AvgIpc) is 3.83. The number of fused-ring (bicyclic) bond motifs is 6. The SMILES string of the molecule is CC1(C)c2ccccc2-c2c(-c3ccccc3N(c3ccc(-c4ccc5c(c4)c4ccccc4n5-c4ccccc4)cc3)c3ccc(-c4ccccc4)c(-c4ccccc4)c3)cccc21. The summed E-state index contributed by atoms with van der Waals surface area (Å²) < 4.78 is 2.38. The van der Waals surface area contributed by atoms with Crippen molar-refractivity contribution in [2.24, 2.45) is 0 Å². The molecule has 0 amide bonds. The first-order valence-electron chi connectivity index (χ1n) is 22.6. The van der Waals surface area contributed by atoms with Gasteiger partial charge in [0.25, 0.3) is 0 Å². The lowest BCUT2D eigenvalue weighted by atomic mass is 9.82. The van der Waals surface area contributed by atoms with Gasteiger partial charge in [-0.1, -0.05) is 196 Å². The summed E-state index contributed by atoms with van der Waals surface area (Å²) >= 11 is 0. The number of para-hydroxylation sites is 3. The predicted molar refractivity (Wildman–Crippen MR) is 275 cm³/mol. The van der Waals surface area contributed by atoms with Crippen LogP contribution in [0.2, 0.25) is 0 Å². The van der Waals surface area contributed by atoms with E-state index in [1.54, 1.807) is 0 Å². The maximum atomic E-state index is 2.46. The van der Waals surface area contributed by atoms with Gasteiger partial charge in [0, 0.05) is 38.8 Å². The topological polar surface area (TPSA) is 8.17 Å². The van der Waals surface area contributed by atoms with E-state index in [1.807, 2.05) is 0 Å². The van der Waals surface area contributed by atoms with Crippen LogP contribution in [0.15, 0.2) is 243 Å². The molecule has 0 fully saturated rings. The highest BCUT2D eigenvalue weighted by Crippen LogP contribution is 2.54. The summed E-state index contributed by atoms with van der Waals surface area (Å²) in [4.78, 5) is 2.46. The monoisotopic (exact) mass is 830 g/mol. The second kappa shape index (κ2) is 15.6. The largest absolute Gasteiger partial charge is 0.310 e. The second-order valence-electron chi connectivity index (χ2n) is 17.7. The minimum absolute atomic E-state index is 0.107. The first-order valence-corrected chi connectivity index (χ1v) is 22.6. The van der Waals surface area contributed by atoms with Gasteiger partial charge in [-0.25, -0.2) is 0 Å². The van der Waals surface area contributed by atoms with Gasteiger partial charge in [0.2, 0.25) is 0 Å². The summed E-state index contributed by atoms with van der Waals surface area (Å²) in [6.45, 7) is 4.72. The Hall–Kier alpha value is -8.20. The number of nitrogens with zero attached hydrogens (tertiary/aromatic N) is 2. The molecule has 0 unspecified atom stereocenters. The number of rotatable bonds is 8. The van der Waals surface area contributed by atoms with Crippen molar-refractivity contribution in [3.8, 4) is 61.3 Å². The molecule has 0 aliphatic heterocycles.